The van der Waals surface area contributed by atoms with Gasteiger partial charge in [0, 0.05) is 12.0 Å². The molecule has 0 saturated carbocycles. The third-order valence-corrected chi connectivity index (χ3v) is 5.26. The molecule has 6 heteroatoms. The molecule has 3 rings (SSSR count). The summed E-state index contributed by atoms with van der Waals surface area (Å²) in [5.41, 5.74) is 5.55. The van der Waals surface area contributed by atoms with E-state index in [-0.39, 0.29) is 11.5 Å². The van der Waals surface area contributed by atoms with Crippen LogP contribution in [-0.4, -0.2) is 24.5 Å². The predicted molar refractivity (Wildman–Crippen MR) is 134 cm³/mol. The van der Waals surface area contributed by atoms with E-state index in [9.17, 15) is 14.4 Å². The summed E-state index contributed by atoms with van der Waals surface area (Å²) in [5, 5.41) is 0. The number of aryl methyl sites for hydroxylation is 1. The monoisotopic (exact) mass is 472 g/mol. The van der Waals surface area contributed by atoms with Gasteiger partial charge in [-0.15, -0.1) is 0 Å². The standard InChI is InChI=1S/C29H28O6/c1-5-20-17-23(11-16-26(20)22-9-14-24(15-10-22)34-27(30)6-2)21-7-12-25(13-8-21)35-28(31)18-33-29(32)19(3)4/h7-17H,3,5-6,18H2,1-2,4H3. The Bertz CT molecular complexity index is 1220. The predicted octanol–water partition coefficient (Wildman–Crippen LogP) is 5.92. The summed E-state index contributed by atoms with van der Waals surface area (Å²) in [4.78, 5) is 34.8. The highest BCUT2D eigenvalue weighted by Gasteiger charge is 2.11. The minimum atomic E-state index is -0.666. The Labute approximate surface area is 205 Å². The highest BCUT2D eigenvalue weighted by molar-refractivity contribution is 5.88. The first-order valence-corrected chi connectivity index (χ1v) is 11.4. The van der Waals surface area contributed by atoms with Gasteiger partial charge in [0.1, 0.15) is 11.5 Å². The molecular formula is C29H28O6. The van der Waals surface area contributed by atoms with Crippen LogP contribution < -0.4 is 9.47 Å². The molecule has 0 fully saturated rings. The number of carbonyl (C=O) groups excluding carboxylic acids is 3. The van der Waals surface area contributed by atoms with Gasteiger partial charge in [0.25, 0.3) is 0 Å². The van der Waals surface area contributed by atoms with Crippen LogP contribution in [0.25, 0.3) is 22.3 Å². The molecule has 35 heavy (non-hydrogen) atoms. The second-order valence-corrected chi connectivity index (χ2v) is 7.93. The normalized spacial score (nSPS) is 10.4. The van der Waals surface area contributed by atoms with Gasteiger partial charge in [0.05, 0.1) is 0 Å². The van der Waals surface area contributed by atoms with Crippen molar-refractivity contribution < 1.29 is 28.6 Å². The second-order valence-electron chi connectivity index (χ2n) is 7.93. The van der Waals surface area contributed by atoms with E-state index < -0.39 is 18.5 Å². The van der Waals surface area contributed by atoms with Crippen LogP contribution in [0.1, 0.15) is 32.8 Å². The lowest BCUT2D eigenvalue weighted by Gasteiger charge is -2.12. The Hall–Kier alpha value is -4.19. The summed E-state index contributed by atoms with van der Waals surface area (Å²) in [5.74, 6) is -0.668. The highest BCUT2D eigenvalue weighted by Crippen LogP contribution is 2.31. The Balaban J connectivity index is 1.70. The minimum Gasteiger partial charge on any atom is -0.450 e. The van der Waals surface area contributed by atoms with E-state index in [0.717, 1.165) is 28.7 Å². The molecule has 3 aromatic carbocycles. The third-order valence-electron chi connectivity index (χ3n) is 5.26. The van der Waals surface area contributed by atoms with Gasteiger partial charge in [-0.2, -0.15) is 0 Å². The van der Waals surface area contributed by atoms with E-state index >= 15 is 0 Å². The number of hydrogen-bond donors (Lipinski definition) is 0. The van der Waals surface area contributed by atoms with E-state index in [2.05, 4.69) is 25.6 Å². The van der Waals surface area contributed by atoms with Crippen LogP contribution in [0.15, 0.2) is 78.9 Å². The van der Waals surface area contributed by atoms with Crippen LogP contribution in [0, 0.1) is 0 Å². The summed E-state index contributed by atoms with van der Waals surface area (Å²) in [6, 6.07) is 20.9. The van der Waals surface area contributed by atoms with E-state index in [4.69, 9.17) is 14.2 Å². The fraction of sp³-hybridized carbons (Fsp3) is 0.207. The molecule has 0 bridgehead atoms. The summed E-state index contributed by atoms with van der Waals surface area (Å²) < 4.78 is 15.3. The quantitative estimate of drug-likeness (QED) is 0.218. The van der Waals surface area contributed by atoms with Crippen LogP contribution in [0.4, 0.5) is 0 Å². The first-order valence-electron chi connectivity index (χ1n) is 11.4. The van der Waals surface area contributed by atoms with Crippen LogP contribution in [0.3, 0.4) is 0 Å². The molecule has 3 aromatic rings. The maximum Gasteiger partial charge on any atom is 0.349 e. The van der Waals surface area contributed by atoms with Crippen molar-refractivity contribution >= 4 is 17.9 Å². The Morgan fingerprint density at radius 2 is 1.29 bits per heavy atom. The lowest BCUT2D eigenvalue weighted by atomic mass is 9.93. The van der Waals surface area contributed by atoms with Gasteiger partial charge in [-0.05, 0) is 65.4 Å². The molecule has 180 valence electrons. The molecule has 0 radical (unpaired) electrons. The van der Waals surface area contributed by atoms with Gasteiger partial charge in [0.15, 0.2) is 6.61 Å². The summed E-state index contributed by atoms with van der Waals surface area (Å²) in [6.07, 6.45) is 1.17. The molecule has 0 saturated heterocycles. The van der Waals surface area contributed by atoms with Crippen LogP contribution in [-0.2, 0) is 25.5 Å². The summed E-state index contributed by atoms with van der Waals surface area (Å²) in [7, 11) is 0. The number of rotatable bonds is 9. The van der Waals surface area contributed by atoms with Crippen molar-refractivity contribution in [1.29, 1.82) is 0 Å². The molecule has 0 aromatic heterocycles. The van der Waals surface area contributed by atoms with Crippen molar-refractivity contribution in [2.24, 2.45) is 0 Å². The van der Waals surface area contributed by atoms with Gasteiger partial charge in [-0.3, -0.25) is 4.79 Å². The SMILES string of the molecule is C=C(C)C(=O)OCC(=O)Oc1ccc(-c2ccc(-c3ccc(OC(=O)CC)cc3)c(CC)c2)cc1. The fourth-order valence-electron chi connectivity index (χ4n) is 3.38. The zero-order valence-electron chi connectivity index (χ0n) is 20.1. The van der Waals surface area contributed by atoms with Gasteiger partial charge in [0.2, 0.25) is 0 Å². The molecule has 0 aliphatic rings. The topological polar surface area (TPSA) is 78.9 Å². The average molecular weight is 473 g/mol. The molecule has 0 atom stereocenters. The first kappa shape index (κ1) is 25.4. The van der Waals surface area contributed by atoms with E-state index in [1.807, 2.05) is 30.3 Å². The van der Waals surface area contributed by atoms with Crippen molar-refractivity contribution in [3.05, 3.63) is 84.4 Å². The number of ether oxygens (including phenoxy) is 3. The zero-order chi connectivity index (χ0) is 25.4. The maximum atomic E-state index is 11.9. The number of carbonyl (C=O) groups is 3. The third kappa shape index (κ3) is 6.90. The average Bonchev–Trinajstić information content (AvgIpc) is 2.87. The van der Waals surface area contributed by atoms with Gasteiger partial charge < -0.3 is 14.2 Å². The molecule has 0 aliphatic carbocycles. The molecular weight excluding hydrogens is 444 g/mol. The lowest BCUT2D eigenvalue weighted by Crippen LogP contribution is -2.18. The van der Waals surface area contributed by atoms with Crippen LogP contribution in [0.5, 0.6) is 11.5 Å². The van der Waals surface area contributed by atoms with E-state index in [1.54, 1.807) is 31.2 Å². The Kier molecular flexibility index (Phi) is 8.57. The molecule has 0 spiro atoms. The Morgan fingerprint density at radius 1 is 0.743 bits per heavy atom. The highest BCUT2D eigenvalue weighted by atomic mass is 16.6. The molecule has 0 heterocycles. The smallest absolute Gasteiger partial charge is 0.349 e. The summed E-state index contributed by atoms with van der Waals surface area (Å²) in [6.45, 7) is 8.35. The largest absolute Gasteiger partial charge is 0.450 e. The Morgan fingerprint density at radius 3 is 1.83 bits per heavy atom. The van der Waals surface area contributed by atoms with Crippen molar-refractivity contribution in [3.8, 4) is 33.8 Å². The van der Waals surface area contributed by atoms with Crippen LogP contribution >= 0.6 is 0 Å². The van der Waals surface area contributed by atoms with Crippen molar-refractivity contribution in [2.45, 2.75) is 33.6 Å². The van der Waals surface area contributed by atoms with Crippen molar-refractivity contribution in [2.75, 3.05) is 6.61 Å². The number of benzene rings is 3. The van der Waals surface area contributed by atoms with Gasteiger partial charge in [-0.1, -0.05) is 62.9 Å². The first-order chi connectivity index (χ1) is 16.8. The molecule has 0 unspecified atom stereocenters. The second kappa shape index (κ2) is 11.8. The fourth-order valence-corrected chi connectivity index (χ4v) is 3.38. The van der Waals surface area contributed by atoms with E-state index in [1.165, 1.54) is 12.5 Å². The van der Waals surface area contributed by atoms with Crippen molar-refractivity contribution in [3.63, 3.8) is 0 Å². The van der Waals surface area contributed by atoms with Crippen LogP contribution in [0.2, 0.25) is 0 Å². The maximum absolute atomic E-state index is 11.9. The number of esters is 3. The lowest BCUT2D eigenvalue weighted by molar-refractivity contribution is -0.150. The molecule has 0 aliphatic heterocycles. The molecule has 0 amide bonds. The van der Waals surface area contributed by atoms with Gasteiger partial charge >= 0.3 is 17.9 Å². The van der Waals surface area contributed by atoms with Crippen molar-refractivity contribution in [1.82, 2.24) is 0 Å². The summed E-state index contributed by atoms with van der Waals surface area (Å²) >= 11 is 0. The molecule has 0 N–H and O–H groups in total. The number of hydrogen-bond acceptors (Lipinski definition) is 6. The minimum absolute atomic E-state index is 0.217. The zero-order valence-corrected chi connectivity index (χ0v) is 20.1. The van der Waals surface area contributed by atoms with E-state index in [0.29, 0.717) is 17.9 Å². The molecule has 6 nitrogen and oxygen atoms in total. The van der Waals surface area contributed by atoms with Gasteiger partial charge in [-0.25, -0.2) is 9.59 Å².